The van der Waals surface area contributed by atoms with Crippen LogP contribution in [0.3, 0.4) is 0 Å². The minimum Gasteiger partial charge on any atom is -0.408 e. The maximum atomic E-state index is 13.2. The molecule has 0 radical (unpaired) electrons. The molecule has 0 amide bonds. The molecule has 1 aromatic carbocycles. The minimum absolute atomic E-state index is 0.143. The van der Waals surface area contributed by atoms with Gasteiger partial charge in [0, 0.05) is 12.0 Å². The maximum Gasteiger partial charge on any atom is 0.433 e. The van der Waals surface area contributed by atoms with Gasteiger partial charge in [-0.1, -0.05) is 6.42 Å². The Morgan fingerprint density at radius 1 is 1.15 bits per heavy atom. The van der Waals surface area contributed by atoms with Gasteiger partial charge in [-0.2, -0.15) is 13.2 Å². The molecule has 0 unspecified atom stereocenters. The average Bonchev–Trinajstić information content (AvgIpc) is 3.10. The number of fused-ring (bicyclic) bond motifs is 2. The molecule has 6 nitrogen and oxygen atoms in total. The highest BCUT2D eigenvalue weighted by atomic mass is 19.4. The third kappa shape index (κ3) is 2.53. The van der Waals surface area contributed by atoms with Crippen molar-refractivity contribution < 1.29 is 17.6 Å². The molecule has 3 heterocycles. The molecule has 1 saturated carbocycles. The Hall–Kier alpha value is -3.10. The van der Waals surface area contributed by atoms with Crippen LogP contribution in [0.2, 0.25) is 0 Å². The Labute approximate surface area is 149 Å². The molecule has 3 aromatic heterocycles. The Morgan fingerprint density at radius 3 is 2.67 bits per heavy atom. The van der Waals surface area contributed by atoms with Crippen molar-refractivity contribution >= 4 is 22.3 Å². The van der Waals surface area contributed by atoms with Crippen LogP contribution in [0.15, 0.2) is 39.5 Å². The topological polar surface area (TPSA) is 76.7 Å². The van der Waals surface area contributed by atoms with E-state index in [-0.39, 0.29) is 11.6 Å². The molecule has 0 bridgehead atoms. The van der Waals surface area contributed by atoms with E-state index in [0.717, 1.165) is 25.3 Å². The van der Waals surface area contributed by atoms with Gasteiger partial charge in [-0.3, -0.25) is 9.55 Å². The monoisotopic (exact) mass is 374 g/mol. The average molecular weight is 374 g/mol. The van der Waals surface area contributed by atoms with Gasteiger partial charge in [0.05, 0.1) is 11.2 Å². The Kier molecular flexibility index (Phi) is 3.25. The van der Waals surface area contributed by atoms with Crippen LogP contribution in [0.5, 0.6) is 0 Å². The molecule has 138 valence electrons. The number of alkyl halides is 3. The predicted octanol–water partition coefficient (Wildman–Crippen LogP) is 4.14. The van der Waals surface area contributed by atoms with E-state index in [1.54, 1.807) is 22.8 Å². The van der Waals surface area contributed by atoms with Crippen LogP contribution in [0.4, 0.5) is 13.2 Å². The predicted molar refractivity (Wildman–Crippen MR) is 90.9 cm³/mol. The van der Waals surface area contributed by atoms with E-state index >= 15 is 0 Å². The number of hydrogen-bond donors (Lipinski definition) is 1. The van der Waals surface area contributed by atoms with E-state index in [1.807, 2.05) is 0 Å². The number of H-pyrrole nitrogens is 1. The molecule has 5 rings (SSSR count). The van der Waals surface area contributed by atoms with E-state index < -0.39 is 17.6 Å². The number of nitrogens with one attached hydrogen (secondary N) is 1. The second-order valence-corrected chi connectivity index (χ2v) is 6.67. The van der Waals surface area contributed by atoms with Gasteiger partial charge in [0.15, 0.2) is 11.2 Å². The number of imidazole rings is 1. The number of nitrogens with zero attached hydrogens (tertiary/aromatic N) is 3. The molecular weight excluding hydrogens is 361 g/mol. The smallest absolute Gasteiger partial charge is 0.408 e. The van der Waals surface area contributed by atoms with Crippen molar-refractivity contribution in [3.8, 4) is 5.69 Å². The maximum absolute atomic E-state index is 13.2. The standard InChI is InChI=1S/C18H13F3N4O2/c19-18(20,21)14-7-6-12-16(24-14)25(15(22-12)9-2-1-3-9)10-4-5-11-13(8-10)27-17(26)23-11/h4-9H,1-3H2,(H,23,26). The van der Waals surface area contributed by atoms with Gasteiger partial charge < -0.3 is 4.42 Å². The highest BCUT2D eigenvalue weighted by molar-refractivity contribution is 5.79. The molecule has 0 spiro atoms. The third-order valence-corrected chi connectivity index (χ3v) is 4.95. The Morgan fingerprint density at radius 2 is 1.96 bits per heavy atom. The molecule has 1 aliphatic rings. The van der Waals surface area contributed by atoms with Gasteiger partial charge in [0.2, 0.25) is 0 Å². The van der Waals surface area contributed by atoms with Crippen LogP contribution in [0, 0.1) is 0 Å². The molecule has 0 saturated heterocycles. The molecule has 1 fully saturated rings. The zero-order chi connectivity index (χ0) is 18.8. The SMILES string of the molecule is O=c1[nH]c2ccc(-n3c(C4CCC4)nc4ccc(C(F)(F)F)nc43)cc2o1. The van der Waals surface area contributed by atoms with E-state index in [4.69, 9.17) is 4.42 Å². The van der Waals surface area contributed by atoms with Crippen LogP contribution in [0.1, 0.15) is 36.7 Å². The van der Waals surface area contributed by atoms with Crippen LogP contribution in [-0.4, -0.2) is 19.5 Å². The molecule has 1 N–H and O–H groups in total. The van der Waals surface area contributed by atoms with Crippen molar-refractivity contribution in [2.75, 3.05) is 0 Å². The summed E-state index contributed by atoms with van der Waals surface area (Å²) in [5.41, 5.74) is 0.977. The number of halogens is 3. The van der Waals surface area contributed by atoms with Crippen molar-refractivity contribution in [2.45, 2.75) is 31.4 Å². The second-order valence-electron chi connectivity index (χ2n) is 6.67. The Balaban J connectivity index is 1.79. The zero-order valence-corrected chi connectivity index (χ0v) is 13.9. The summed E-state index contributed by atoms with van der Waals surface area (Å²) in [4.78, 5) is 22.3. The highest BCUT2D eigenvalue weighted by Crippen LogP contribution is 2.39. The van der Waals surface area contributed by atoms with Gasteiger partial charge in [-0.05, 0) is 37.1 Å². The molecule has 0 aliphatic heterocycles. The number of oxazole rings is 1. The van der Waals surface area contributed by atoms with Crippen LogP contribution < -0.4 is 5.76 Å². The lowest BCUT2D eigenvalue weighted by Crippen LogP contribution is -2.15. The van der Waals surface area contributed by atoms with Crippen molar-refractivity contribution in [3.63, 3.8) is 0 Å². The normalized spacial score (nSPS) is 15.5. The lowest BCUT2D eigenvalue weighted by molar-refractivity contribution is -0.141. The number of aromatic nitrogens is 4. The van der Waals surface area contributed by atoms with E-state index in [1.165, 1.54) is 6.07 Å². The summed E-state index contributed by atoms with van der Waals surface area (Å²) in [6.45, 7) is 0. The van der Waals surface area contributed by atoms with Crippen LogP contribution in [-0.2, 0) is 6.18 Å². The summed E-state index contributed by atoms with van der Waals surface area (Å²) in [7, 11) is 0. The number of hydrogen-bond acceptors (Lipinski definition) is 4. The van der Waals surface area contributed by atoms with Crippen molar-refractivity contribution in [1.29, 1.82) is 0 Å². The first-order valence-electron chi connectivity index (χ1n) is 8.50. The number of benzene rings is 1. The second kappa shape index (κ2) is 5.45. The summed E-state index contributed by atoms with van der Waals surface area (Å²) in [5, 5.41) is 0. The number of aromatic amines is 1. The van der Waals surface area contributed by atoms with Crippen LogP contribution >= 0.6 is 0 Å². The lowest BCUT2D eigenvalue weighted by atomic mass is 9.85. The van der Waals surface area contributed by atoms with Gasteiger partial charge in [0.25, 0.3) is 0 Å². The fourth-order valence-corrected chi connectivity index (χ4v) is 3.40. The largest absolute Gasteiger partial charge is 0.433 e. The summed E-state index contributed by atoms with van der Waals surface area (Å²) in [6.07, 6.45) is -1.63. The number of pyridine rings is 1. The summed E-state index contributed by atoms with van der Waals surface area (Å²) in [5.74, 6) is 0.261. The quantitative estimate of drug-likeness (QED) is 0.572. The number of rotatable bonds is 2. The molecular formula is C18H13F3N4O2. The van der Waals surface area contributed by atoms with Gasteiger partial charge in [0.1, 0.15) is 17.0 Å². The third-order valence-electron chi connectivity index (χ3n) is 4.95. The van der Waals surface area contributed by atoms with Crippen molar-refractivity contribution in [1.82, 2.24) is 19.5 Å². The van der Waals surface area contributed by atoms with E-state index in [2.05, 4.69) is 15.0 Å². The van der Waals surface area contributed by atoms with Crippen molar-refractivity contribution in [3.05, 3.63) is 52.4 Å². The summed E-state index contributed by atoms with van der Waals surface area (Å²) in [6, 6.07) is 7.26. The Bertz CT molecular complexity index is 1230. The fourth-order valence-electron chi connectivity index (χ4n) is 3.40. The first-order valence-corrected chi connectivity index (χ1v) is 8.50. The van der Waals surface area contributed by atoms with Crippen LogP contribution in [0.25, 0.3) is 28.0 Å². The summed E-state index contributed by atoms with van der Waals surface area (Å²) >= 11 is 0. The van der Waals surface area contributed by atoms with E-state index in [9.17, 15) is 18.0 Å². The van der Waals surface area contributed by atoms with Gasteiger partial charge in [-0.15, -0.1) is 0 Å². The van der Waals surface area contributed by atoms with E-state index in [0.29, 0.717) is 28.1 Å². The molecule has 0 atom stereocenters. The zero-order valence-electron chi connectivity index (χ0n) is 13.9. The molecule has 27 heavy (non-hydrogen) atoms. The lowest BCUT2D eigenvalue weighted by Gasteiger charge is -2.25. The highest BCUT2D eigenvalue weighted by Gasteiger charge is 2.34. The molecule has 4 aromatic rings. The molecule has 1 aliphatic carbocycles. The van der Waals surface area contributed by atoms with Gasteiger partial charge >= 0.3 is 11.9 Å². The van der Waals surface area contributed by atoms with Crippen molar-refractivity contribution in [2.24, 2.45) is 0 Å². The summed E-state index contributed by atoms with van der Waals surface area (Å²) < 4.78 is 46.2. The van der Waals surface area contributed by atoms with Gasteiger partial charge in [-0.25, -0.2) is 14.8 Å². The molecule has 9 heteroatoms. The fraction of sp³-hybridized carbons (Fsp3) is 0.278. The first kappa shape index (κ1) is 16.1. The first-order chi connectivity index (χ1) is 12.9. The minimum atomic E-state index is -4.54.